The van der Waals surface area contributed by atoms with Crippen LogP contribution in [0.3, 0.4) is 0 Å². The van der Waals surface area contributed by atoms with Crippen molar-refractivity contribution in [3.8, 4) is 0 Å². The fraction of sp³-hybridized carbons (Fsp3) is 0.533. The van der Waals surface area contributed by atoms with E-state index in [0.717, 1.165) is 24.9 Å². The molecule has 2 rings (SSSR count). The topological polar surface area (TPSA) is 29.1 Å². The van der Waals surface area contributed by atoms with Gasteiger partial charge in [0.1, 0.15) is 0 Å². The van der Waals surface area contributed by atoms with E-state index in [-0.39, 0.29) is 11.3 Å². The Morgan fingerprint density at radius 3 is 2.78 bits per heavy atom. The van der Waals surface area contributed by atoms with Gasteiger partial charge in [-0.1, -0.05) is 26.0 Å². The zero-order chi connectivity index (χ0) is 13.1. The second-order valence-corrected chi connectivity index (χ2v) is 5.93. The van der Waals surface area contributed by atoms with Crippen molar-refractivity contribution in [3.63, 3.8) is 0 Å². The van der Waals surface area contributed by atoms with Crippen LogP contribution in [0, 0.1) is 5.92 Å². The number of aryl methyl sites for hydroxylation is 1. The van der Waals surface area contributed by atoms with Gasteiger partial charge in [-0.05, 0) is 42.4 Å². The maximum atomic E-state index is 11.3. The van der Waals surface area contributed by atoms with E-state index >= 15 is 0 Å². The number of alkyl halides is 1. The van der Waals surface area contributed by atoms with Crippen molar-refractivity contribution in [1.29, 1.82) is 0 Å². The van der Waals surface area contributed by atoms with Gasteiger partial charge in [-0.2, -0.15) is 0 Å². The van der Waals surface area contributed by atoms with Gasteiger partial charge in [0.25, 0.3) is 0 Å². The fourth-order valence-corrected chi connectivity index (χ4v) is 2.51. The van der Waals surface area contributed by atoms with E-state index in [1.165, 1.54) is 11.1 Å². The Kier molecular flexibility index (Phi) is 4.28. The second-order valence-electron chi connectivity index (χ2n) is 5.40. The summed E-state index contributed by atoms with van der Waals surface area (Å²) in [5.41, 5.74) is 3.33. The highest BCUT2D eigenvalue weighted by Crippen LogP contribution is 2.31. The van der Waals surface area contributed by atoms with Crippen LogP contribution in [0.25, 0.3) is 0 Å². The molecule has 0 bridgehead atoms. The zero-order valence-electron chi connectivity index (χ0n) is 11.0. The molecule has 1 amide bonds. The highest BCUT2D eigenvalue weighted by atomic mass is 35.5. The van der Waals surface area contributed by atoms with Gasteiger partial charge in [0.15, 0.2) is 0 Å². The summed E-state index contributed by atoms with van der Waals surface area (Å²) >= 11 is 6.43. The van der Waals surface area contributed by atoms with Crippen LogP contribution in [-0.4, -0.2) is 5.91 Å². The first-order valence-corrected chi connectivity index (χ1v) is 7.06. The maximum Gasteiger partial charge on any atom is 0.224 e. The van der Waals surface area contributed by atoms with E-state index in [9.17, 15) is 4.79 Å². The minimum Gasteiger partial charge on any atom is -0.326 e. The number of hydrogen-bond acceptors (Lipinski definition) is 1. The van der Waals surface area contributed by atoms with Crippen molar-refractivity contribution < 1.29 is 4.79 Å². The van der Waals surface area contributed by atoms with E-state index in [1.54, 1.807) is 0 Å². The average Bonchev–Trinajstić information content (AvgIpc) is 2.35. The summed E-state index contributed by atoms with van der Waals surface area (Å²) in [5.74, 6) is 0.792. The Morgan fingerprint density at radius 1 is 1.28 bits per heavy atom. The molecule has 0 aromatic heterocycles. The molecule has 1 aromatic carbocycles. The van der Waals surface area contributed by atoms with Crippen molar-refractivity contribution >= 4 is 23.2 Å². The molecule has 0 saturated heterocycles. The number of benzene rings is 1. The van der Waals surface area contributed by atoms with Gasteiger partial charge in [0.2, 0.25) is 5.91 Å². The number of carbonyl (C=O) groups is 1. The Morgan fingerprint density at radius 2 is 2.06 bits per heavy atom. The van der Waals surface area contributed by atoms with Crippen LogP contribution in [-0.2, 0) is 11.2 Å². The number of nitrogens with one attached hydrogen (secondary N) is 1. The quantitative estimate of drug-likeness (QED) is 0.809. The lowest BCUT2D eigenvalue weighted by atomic mass is 9.96. The number of carbonyl (C=O) groups excluding carboxylic acids is 1. The number of amides is 1. The van der Waals surface area contributed by atoms with Crippen molar-refractivity contribution in [2.45, 2.75) is 44.9 Å². The second kappa shape index (κ2) is 5.75. The first-order chi connectivity index (χ1) is 8.56. The number of anilines is 1. The minimum absolute atomic E-state index is 0.0790. The normalized spacial score (nSPS) is 16.3. The van der Waals surface area contributed by atoms with Gasteiger partial charge >= 0.3 is 0 Å². The van der Waals surface area contributed by atoms with Crippen molar-refractivity contribution in [2.24, 2.45) is 5.92 Å². The molecule has 0 saturated carbocycles. The average molecular weight is 266 g/mol. The predicted molar refractivity (Wildman–Crippen MR) is 76.1 cm³/mol. The molecule has 1 aliphatic heterocycles. The third-order valence-electron chi connectivity index (χ3n) is 3.38. The molecule has 1 unspecified atom stereocenters. The molecule has 18 heavy (non-hydrogen) atoms. The number of rotatable bonds is 4. The summed E-state index contributed by atoms with van der Waals surface area (Å²) in [6.07, 6.45) is 3.55. The largest absolute Gasteiger partial charge is 0.326 e. The Bertz CT molecular complexity index is 442. The molecule has 0 fully saturated rings. The summed E-state index contributed by atoms with van der Waals surface area (Å²) in [6.45, 7) is 4.43. The molecule has 0 radical (unpaired) electrons. The smallest absolute Gasteiger partial charge is 0.224 e. The van der Waals surface area contributed by atoms with Crippen LogP contribution in [0.4, 0.5) is 5.69 Å². The molecule has 1 aromatic rings. The molecule has 2 nitrogen and oxygen atoms in total. The molecular weight excluding hydrogens is 246 g/mol. The Hall–Kier alpha value is -1.02. The molecule has 0 spiro atoms. The van der Waals surface area contributed by atoms with Gasteiger partial charge < -0.3 is 5.32 Å². The van der Waals surface area contributed by atoms with E-state index in [4.69, 9.17) is 11.6 Å². The zero-order valence-corrected chi connectivity index (χ0v) is 11.8. The summed E-state index contributed by atoms with van der Waals surface area (Å²) in [6, 6.07) is 6.15. The van der Waals surface area contributed by atoms with Crippen molar-refractivity contribution in [1.82, 2.24) is 0 Å². The van der Waals surface area contributed by atoms with Gasteiger partial charge in [-0.25, -0.2) is 0 Å². The third-order valence-corrected chi connectivity index (χ3v) is 3.85. The lowest BCUT2D eigenvalue weighted by Gasteiger charge is -2.19. The van der Waals surface area contributed by atoms with Crippen LogP contribution in [0.1, 0.15) is 49.6 Å². The molecule has 1 heterocycles. The fourth-order valence-electron chi connectivity index (χ4n) is 2.24. The standard InChI is InChI=1S/C15H20ClNO/c1-10(2)3-6-13(16)11-4-7-14-12(9-11)5-8-15(18)17-14/h4,7,9-10,13H,3,5-6,8H2,1-2H3,(H,17,18). The number of hydrogen-bond donors (Lipinski definition) is 1. The molecule has 1 atom stereocenters. The molecule has 1 N–H and O–H groups in total. The summed E-state index contributed by atoms with van der Waals surface area (Å²) in [5, 5.41) is 2.97. The summed E-state index contributed by atoms with van der Waals surface area (Å²) < 4.78 is 0. The van der Waals surface area contributed by atoms with Crippen LogP contribution in [0.2, 0.25) is 0 Å². The molecule has 0 aliphatic carbocycles. The number of halogens is 1. The molecule has 3 heteroatoms. The van der Waals surface area contributed by atoms with Crippen molar-refractivity contribution in [2.75, 3.05) is 5.32 Å². The minimum atomic E-state index is 0.0790. The SMILES string of the molecule is CC(C)CCC(Cl)c1ccc2c(c1)CCC(=O)N2. The Balaban J connectivity index is 2.08. The first-order valence-electron chi connectivity index (χ1n) is 6.63. The summed E-state index contributed by atoms with van der Waals surface area (Å²) in [7, 11) is 0. The van der Waals surface area contributed by atoms with Crippen molar-refractivity contribution in [3.05, 3.63) is 29.3 Å². The highest BCUT2D eigenvalue weighted by molar-refractivity contribution is 6.20. The van der Waals surface area contributed by atoms with Gasteiger partial charge in [0.05, 0.1) is 5.38 Å². The summed E-state index contributed by atoms with van der Waals surface area (Å²) in [4.78, 5) is 11.3. The van der Waals surface area contributed by atoms with Gasteiger partial charge in [0, 0.05) is 12.1 Å². The van der Waals surface area contributed by atoms with E-state index < -0.39 is 0 Å². The van der Waals surface area contributed by atoms with Gasteiger partial charge in [-0.3, -0.25) is 4.79 Å². The highest BCUT2D eigenvalue weighted by Gasteiger charge is 2.17. The van der Waals surface area contributed by atoms with E-state index in [1.807, 2.05) is 12.1 Å². The molecular formula is C15H20ClNO. The maximum absolute atomic E-state index is 11.3. The Labute approximate surface area is 114 Å². The predicted octanol–water partition coefficient (Wildman–Crippen LogP) is 4.29. The lowest BCUT2D eigenvalue weighted by Crippen LogP contribution is -2.19. The van der Waals surface area contributed by atoms with Crippen LogP contribution < -0.4 is 5.32 Å². The monoisotopic (exact) mass is 265 g/mol. The lowest BCUT2D eigenvalue weighted by molar-refractivity contribution is -0.116. The van der Waals surface area contributed by atoms with Crippen LogP contribution in [0.15, 0.2) is 18.2 Å². The third kappa shape index (κ3) is 3.26. The van der Waals surface area contributed by atoms with Crippen LogP contribution >= 0.6 is 11.6 Å². The van der Waals surface area contributed by atoms with Crippen LogP contribution in [0.5, 0.6) is 0 Å². The number of fused-ring (bicyclic) bond motifs is 1. The van der Waals surface area contributed by atoms with E-state index in [2.05, 4.69) is 25.2 Å². The first kappa shape index (κ1) is 13.4. The molecule has 98 valence electrons. The molecule has 1 aliphatic rings. The van der Waals surface area contributed by atoms with Gasteiger partial charge in [-0.15, -0.1) is 11.6 Å². The van der Waals surface area contributed by atoms with E-state index in [0.29, 0.717) is 12.3 Å².